The summed E-state index contributed by atoms with van der Waals surface area (Å²) < 4.78 is 29.4. The summed E-state index contributed by atoms with van der Waals surface area (Å²) >= 11 is 7.25. The van der Waals surface area contributed by atoms with E-state index in [1.54, 1.807) is 28.2 Å². The van der Waals surface area contributed by atoms with Crippen molar-refractivity contribution < 1.29 is 8.42 Å². The highest BCUT2D eigenvalue weighted by atomic mass is 127. The van der Waals surface area contributed by atoms with Crippen LogP contribution >= 0.6 is 50.3 Å². The van der Waals surface area contributed by atoms with Gasteiger partial charge in [0, 0.05) is 20.3 Å². The molecule has 0 bridgehead atoms. The van der Waals surface area contributed by atoms with Crippen LogP contribution in [0.1, 0.15) is 10.9 Å². The van der Waals surface area contributed by atoms with Gasteiger partial charge in [-0.1, -0.05) is 28.1 Å². The molecular weight excluding hydrogens is 497 g/mol. The lowest BCUT2D eigenvalue weighted by atomic mass is 10.2. The molecule has 116 valence electrons. The van der Waals surface area contributed by atoms with Crippen molar-refractivity contribution in [3.63, 3.8) is 0 Å². The summed E-state index contributed by atoms with van der Waals surface area (Å²) in [7, 11) is -3.47. The van der Waals surface area contributed by atoms with Crippen LogP contribution in [-0.2, 0) is 10.0 Å². The number of benzene rings is 2. The third-order valence-corrected chi connectivity index (χ3v) is 7.95. The first-order valence-electron chi connectivity index (χ1n) is 6.63. The van der Waals surface area contributed by atoms with E-state index in [9.17, 15) is 8.42 Å². The maximum Gasteiger partial charge on any atom is 0.244 e. The maximum atomic E-state index is 12.9. The second-order valence-corrected chi connectivity index (χ2v) is 10.1. The van der Waals surface area contributed by atoms with Gasteiger partial charge >= 0.3 is 0 Å². The molecule has 1 heterocycles. The molecule has 0 aliphatic carbocycles. The molecule has 1 fully saturated rings. The van der Waals surface area contributed by atoms with Gasteiger partial charge in [-0.25, -0.2) is 8.42 Å². The van der Waals surface area contributed by atoms with Gasteiger partial charge in [-0.2, -0.15) is 4.31 Å². The molecule has 0 saturated carbocycles. The van der Waals surface area contributed by atoms with Crippen LogP contribution in [0.4, 0.5) is 0 Å². The Kier molecular flexibility index (Phi) is 5.18. The Hall–Kier alpha value is -0.0900. The fourth-order valence-electron chi connectivity index (χ4n) is 2.33. The van der Waals surface area contributed by atoms with Gasteiger partial charge in [-0.15, -0.1) is 11.8 Å². The molecule has 0 unspecified atom stereocenters. The molecular formula is C15H13BrINO2S2. The summed E-state index contributed by atoms with van der Waals surface area (Å²) in [5, 5.41) is -0.155. The van der Waals surface area contributed by atoms with Gasteiger partial charge in [-0.3, -0.25) is 0 Å². The fraction of sp³-hybridized carbons (Fsp3) is 0.200. The first kappa shape index (κ1) is 16.8. The predicted molar refractivity (Wildman–Crippen MR) is 102 cm³/mol. The zero-order chi connectivity index (χ0) is 15.7. The van der Waals surface area contributed by atoms with Crippen molar-refractivity contribution in [2.24, 2.45) is 0 Å². The molecule has 0 amide bonds. The van der Waals surface area contributed by atoms with Gasteiger partial charge in [0.25, 0.3) is 0 Å². The number of rotatable bonds is 3. The first-order chi connectivity index (χ1) is 10.5. The SMILES string of the molecule is O=S(=O)(c1ccc(I)cc1)N1CCS[C@H]1c1ccc(Br)cc1. The minimum absolute atomic E-state index is 0.155. The highest BCUT2D eigenvalue weighted by Gasteiger charge is 2.36. The first-order valence-corrected chi connectivity index (χ1v) is 11.0. The smallest absolute Gasteiger partial charge is 0.207 e. The highest BCUT2D eigenvalue weighted by molar-refractivity contribution is 14.1. The Balaban J connectivity index is 1.95. The Morgan fingerprint density at radius 1 is 1.09 bits per heavy atom. The topological polar surface area (TPSA) is 37.4 Å². The standard InChI is InChI=1S/C15H13BrINO2S2/c16-12-3-1-11(2-4-12)15-18(9-10-21-15)22(19,20)14-7-5-13(17)6-8-14/h1-8,15H,9-10H2/t15-/m0/s1. The molecule has 0 spiro atoms. The van der Waals surface area contributed by atoms with Crippen molar-refractivity contribution in [2.45, 2.75) is 10.3 Å². The molecule has 1 aliphatic rings. The normalized spacial score (nSPS) is 19.5. The Labute approximate surface area is 156 Å². The summed E-state index contributed by atoms with van der Waals surface area (Å²) in [6, 6.07) is 14.9. The van der Waals surface area contributed by atoms with Crippen molar-refractivity contribution in [1.82, 2.24) is 4.31 Å². The zero-order valence-electron chi connectivity index (χ0n) is 11.4. The van der Waals surface area contributed by atoms with E-state index in [2.05, 4.69) is 38.5 Å². The van der Waals surface area contributed by atoms with E-state index in [4.69, 9.17) is 0 Å². The molecule has 2 aromatic rings. The number of hydrogen-bond donors (Lipinski definition) is 0. The number of nitrogens with zero attached hydrogens (tertiary/aromatic N) is 1. The monoisotopic (exact) mass is 509 g/mol. The van der Waals surface area contributed by atoms with E-state index in [1.807, 2.05) is 36.4 Å². The molecule has 7 heteroatoms. The average molecular weight is 510 g/mol. The summed E-state index contributed by atoms with van der Waals surface area (Å²) in [6.45, 7) is 0.541. The van der Waals surface area contributed by atoms with E-state index in [-0.39, 0.29) is 5.37 Å². The van der Waals surface area contributed by atoms with Crippen LogP contribution in [-0.4, -0.2) is 25.0 Å². The highest BCUT2D eigenvalue weighted by Crippen LogP contribution is 2.41. The molecule has 2 aromatic carbocycles. The Morgan fingerprint density at radius 2 is 1.73 bits per heavy atom. The second-order valence-electron chi connectivity index (χ2n) is 4.84. The minimum atomic E-state index is -3.47. The third kappa shape index (κ3) is 3.38. The Morgan fingerprint density at radius 3 is 2.36 bits per heavy atom. The largest absolute Gasteiger partial charge is 0.244 e. The summed E-state index contributed by atoms with van der Waals surface area (Å²) in [4.78, 5) is 0.359. The molecule has 1 aliphatic heterocycles. The van der Waals surface area contributed by atoms with Crippen LogP contribution in [0, 0.1) is 3.57 Å². The summed E-state index contributed by atoms with van der Waals surface area (Å²) in [6.07, 6.45) is 0. The second kappa shape index (κ2) is 6.80. The molecule has 0 aromatic heterocycles. The van der Waals surface area contributed by atoms with Gasteiger partial charge < -0.3 is 0 Å². The van der Waals surface area contributed by atoms with Crippen molar-refractivity contribution in [3.05, 3.63) is 62.1 Å². The lowest BCUT2D eigenvalue weighted by Crippen LogP contribution is -2.30. The van der Waals surface area contributed by atoms with E-state index in [0.717, 1.165) is 19.4 Å². The fourth-order valence-corrected chi connectivity index (χ4v) is 6.20. The summed E-state index contributed by atoms with van der Waals surface area (Å²) in [5.41, 5.74) is 1.01. The zero-order valence-corrected chi connectivity index (χ0v) is 16.8. The van der Waals surface area contributed by atoms with E-state index in [0.29, 0.717) is 11.4 Å². The quantitative estimate of drug-likeness (QED) is 0.572. The van der Waals surface area contributed by atoms with Gasteiger partial charge in [-0.05, 0) is 64.6 Å². The molecule has 3 rings (SSSR count). The third-order valence-electron chi connectivity index (χ3n) is 3.42. The molecule has 1 saturated heterocycles. The van der Waals surface area contributed by atoms with E-state index >= 15 is 0 Å². The predicted octanol–water partition coefficient (Wildman–Crippen LogP) is 4.49. The molecule has 0 radical (unpaired) electrons. The van der Waals surface area contributed by atoms with Crippen LogP contribution in [0.3, 0.4) is 0 Å². The van der Waals surface area contributed by atoms with E-state index in [1.165, 1.54) is 0 Å². The van der Waals surface area contributed by atoms with Crippen molar-refractivity contribution >= 4 is 60.3 Å². The minimum Gasteiger partial charge on any atom is -0.207 e. The number of hydrogen-bond acceptors (Lipinski definition) is 3. The number of thioether (sulfide) groups is 1. The molecule has 0 N–H and O–H groups in total. The van der Waals surface area contributed by atoms with Gasteiger partial charge in [0.1, 0.15) is 0 Å². The van der Waals surface area contributed by atoms with E-state index < -0.39 is 10.0 Å². The van der Waals surface area contributed by atoms with Gasteiger partial charge in [0.2, 0.25) is 10.0 Å². The lowest BCUT2D eigenvalue weighted by molar-refractivity contribution is 0.434. The number of halogens is 2. The van der Waals surface area contributed by atoms with Crippen LogP contribution < -0.4 is 0 Å². The van der Waals surface area contributed by atoms with Crippen molar-refractivity contribution in [3.8, 4) is 0 Å². The van der Waals surface area contributed by atoms with Crippen LogP contribution in [0.15, 0.2) is 57.9 Å². The van der Waals surface area contributed by atoms with Gasteiger partial charge in [0.15, 0.2) is 0 Å². The Bertz CT molecular complexity index is 763. The molecule has 3 nitrogen and oxygen atoms in total. The number of sulfonamides is 1. The maximum absolute atomic E-state index is 12.9. The van der Waals surface area contributed by atoms with Crippen molar-refractivity contribution in [1.29, 1.82) is 0 Å². The van der Waals surface area contributed by atoms with Crippen LogP contribution in [0.5, 0.6) is 0 Å². The average Bonchev–Trinajstić information content (AvgIpc) is 2.99. The summed E-state index contributed by atoms with van der Waals surface area (Å²) in [5.74, 6) is 0.810. The van der Waals surface area contributed by atoms with Crippen LogP contribution in [0.25, 0.3) is 0 Å². The lowest BCUT2D eigenvalue weighted by Gasteiger charge is -2.23. The van der Waals surface area contributed by atoms with Gasteiger partial charge in [0.05, 0.1) is 10.3 Å². The van der Waals surface area contributed by atoms with Crippen LogP contribution in [0.2, 0.25) is 0 Å². The molecule has 22 heavy (non-hydrogen) atoms. The molecule has 1 atom stereocenters. The van der Waals surface area contributed by atoms with Crippen molar-refractivity contribution in [2.75, 3.05) is 12.3 Å².